The molecule has 0 spiro atoms. The van der Waals surface area contributed by atoms with Crippen molar-refractivity contribution in [1.29, 1.82) is 5.26 Å². The van der Waals surface area contributed by atoms with Gasteiger partial charge < -0.3 is 5.11 Å². The first-order valence-corrected chi connectivity index (χ1v) is 3.84. The minimum absolute atomic E-state index is 0.0458. The number of carbonyl (C=O) groups is 1. The van der Waals surface area contributed by atoms with Gasteiger partial charge in [-0.25, -0.2) is 4.79 Å². The lowest BCUT2D eigenvalue weighted by molar-refractivity contribution is 0.0692. The Kier molecular flexibility index (Phi) is 1.68. The van der Waals surface area contributed by atoms with E-state index in [2.05, 4.69) is 10.2 Å². The number of carboxylic acid groups (broad SMARTS) is 1. The van der Waals surface area contributed by atoms with E-state index in [0.29, 0.717) is 16.5 Å². The molecule has 14 heavy (non-hydrogen) atoms. The van der Waals surface area contributed by atoms with Gasteiger partial charge in [0.15, 0.2) is 5.69 Å². The highest BCUT2D eigenvalue weighted by atomic mass is 16.4. The third-order valence-corrected chi connectivity index (χ3v) is 1.90. The number of nitrogens with zero attached hydrogens (tertiary/aromatic N) is 2. The van der Waals surface area contributed by atoms with E-state index in [1.54, 1.807) is 12.1 Å². The number of carboxylic acids is 1. The molecule has 2 N–H and O–H groups in total. The van der Waals surface area contributed by atoms with Gasteiger partial charge in [-0.2, -0.15) is 10.4 Å². The van der Waals surface area contributed by atoms with E-state index >= 15 is 0 Å². The molecule has 0 aliphatic carbocycles. The van der Waals surface area contributed by atoms with Gasteiger partial charge in [0, 0.05) is 5.39 Å². The number of hydrogen-bond acceptors (Lipinski definition) is 3. The highest BCUT2D eigenvalue weighted by Crippen LogP contribution is 2.16. The topological polar surface area (TPSA) is 89.8 Å². The Labute approximate surface area is 78.6 Å². The molecule has 68 valence electrons. The number of nitrogens with one attached hydrogen (secondary N) is 1. The Morgan fingerprint density at radius 2 is 2.36 bits per heavy atom. The first kappa shape index (κ1) is 8.26. The molecule has 2 rings (SSSR count). The second-order valence-electron chi connectivity index (χ2n) is 2.75. The first-order valence-electron chi connectivity index (χ1n) is 3.84. The number of H-pyrrole nitrogens is 1. The van der Waals surface area contributed by atoms with Crippen LogP contribution in [0.5, 0.6) is 0 Å². The zero-order chi connectivity index (χ0) is 10.1. The summed E-state index contributed by atoms with van der Waals surface area (Å²) in [5.41, 5.74) is 0.992. The van der Waals surface area contributed by atoms with Gasteiger partial charge in [-0.05, 0) is 18.2 Å². The summed E-state index contributed by atoms with van der Waals surface area (Å²) in [6.45, 7) is 0. The zero-order valence-corrected chi connectivity index (χ0v) is 6.98. The van der Waals surface area contributed by atoms with E-state index in [-0.39, 0.29) is 5.69 Å². The van der Waals surface area contributed by atoms with E-state index in [9.17, 15) is 4.79 Å². The van der Waals surface area contributed by atoms with Crippen molar-refractivity contribution in [3.05, 3.63) is 29.5 Å². The molecule has 0 aliphatic heterocycles. The summed E-state index contributed by atoms with van der Waals surface area (Å²) >= 11 is 0. The van der Waals surface area contributed by atoms with Crippen molar-refractivity contribution in [3.8, 4) is 6.07 Å². The summed E-state index contributed by atoms with van der Waals surface area (Å²) in [6, 6.07) is 6.63. The molecule has 1 heterocycles. The fourth-order valence-electron chi connectivity index (χ4n) is 1.24. The largest absolute Gasteiger partial charge is 0.477 e. The van der Waals surface area contributed by atoms with E-state index < -0.39 is 5.97 Å². The predicted octanol–water partition coefficient (Wildman–Crippen LogP) is 1.13. The van der Waals surface area contributed by atoms with E-state index in [1.807, 2.05) is 6.07 Å². The molecule has 5 heteroatoms. The SMILES string of the molecule is N#Cc1ccc2c(C(=O)O)[nH]nc2c1. The van der Waals surface area contributed by atoms with Crippen molar-refractivity contribution in [3.63, 3.8) is 0 Å². The third-order valence-electron chi connectivity index (χ3n) is 1.90. The predicted molar refractivity (Wildman–Crippen MR) is 47.8 cm³/mol. The fraction of sp³-hybridized carbons (Fsp3) is 0. The van der Waals surface area contributed by atoms with Crippen LogP contribution in [0.3, 0.4) is 0 Å². The smallest absolute Gasteiger partial charge is 0.354 e. The maximum Gasteiger partial charge on any atom is 0.354 e. The second-order valence-corrected chi connectivity index (χ2v) is 2.75. The van der Waals surface area contributed by atoms with Gasteiger partial charge in [-0.15, -0.1) is 0 Å². The Morgan fingerprint density at radius 1 is 1.57 bits per heavy atom. The van der Waals surface area contributed by atoms with Gasteiger partial charge in [-0.1, -0.05) is 0 Å². The summed E-state index contributed by atoms with van der Waals surface area (Å²) in [4.78, 5) is 10.7. The highest BCUT2D eigenvalue weighted by Gasteiger charge is 2.11. The summed E-state index contributed by atoms with van der Waals surface area (Å²) in [5.74, 6) is -1.06. The van der Waals surface area contributed by atoms with Crippen LogP contribution in [0.2, 0.25) is 0 Å². The number of nitriles is 1. The molecule has 0 bridgehead atoms. The second kappa shape index (κ2) is 2.85. The third kappa shape index (κ3) is 1.10. The molecule has 5 nitrogen and oxygen atoms in total. The van der Waals surface area contributed by atoms with Gasteiger partial charge in [-0.3, -0.25) is 5.10 Å². The molecule has 0 saturated carbocycles. The molecular formula is C9H5N3O2. The number of fused-ring (bicyclic) bond motifs is 1. The van der Waals surface area contributed by atoms with Crippen LogP contribution in [0.25, 0.3) is 10.9 Å². The quantitative estimate of drug-likeness (QED) is 0.700. The monoisotopic (exact) mass is 187 g/mol. The fourth-order valence-corrected chi connectivity index (χ4v) is 1.24. The number of rotatable bonds is 1. The number of aromatic carboxylic acids is 1. The molecule has 0 saturated heterocycles. The molecule has 1 aromatic heterocycles. The average Bonchev–Trinajstić information content (AvgIpc) is 2.59. The summed E-state index contributed by atoms with van der Waals surface area (Å²) in [5, 5.41) is 24.1. The van der Waals surface area contributed by atoms with E-state index in [0.717, 1.165) is 0 Å². The molecule has 0 amide bonds. The molecule has 2 aromatic rings. The first-order chi connectivity index (χ1) is 6.72. The van der Waals surface area contributed by atoms with Crippen molar-refractivity contribution in [2.75, 3.05) is 0 Å². The lowest BCUT2D eigenvalue weighted by atomic mass is 10.1. The van der Waals surface area contributed by atoms with E-state index in [4.69, 9.17) is 10.4 Å². The molecular weight excluding hydrogens is 182 g/mol. The van der Waals surface area contributed by atoms with Crippen molar-refractivity contribution >= 4 is 16.9 Å². The van der Waals surface area contributed by atoms with Gasteiger partial charge in [0.25, 0.3) is 0 Å². The summed E-state index contributed by atoms with van der Waals surface area (Å²) in [7, 11) is 0. The van der Waals surface area contributed by atoms with Crippen molar-refractivity contribution in [1.82, 2.24) is 10.2 Å². The average molecular weight is 187 g/mol. The normalized spacial score (nSPS) is 9.93. The van der Waals surface area contributed by atoms with Crippen molar-refractivity contribution in [2.45, 2.75) is 0 Å². The van der Waals surface area contributed by atoms with Gasteiger partial charge in [0.05, 0.1) is 17.1 Å². The summed E-state index contributed by atoms with van der Waals surface area (Å²) < 4.78 is 0. The Balaban J connectivity index is 2.73. The Bertz CT molecular complexity index is 551. The zero-order valence-electron chi connectivity index (χ0n) is 6.98. The lowest BCUT2D eigenvalue weighted by Gasteiger charge is -1.90. The number of hydrogen-bond donors (Lipinski definition) is 2. The molecule has 0 fully saturated rings. The lowest BCUT2D eigenvalue weighted by Crippen LogP contribution is -1.96. The van der Waals surface area contributed by atoms with Crippen LogP contribution in [-0.4, -0.2) is 21.3 Å². The van der Waals surface area contributed by atoms with Crippen LogP contribution in [0.1, 0.15) is 16.1 Å². The number of aromatic nitrogens is 2. The van der Waals surface area contributed by atoms with Crippen LogP contribution >= 0.6 is 0 Å². The minimum atomic E-state index is -1.06. The van der Waals surface area contributed by atoms with Gasteiger partial charge in [0.2, 0.25) is 0 Å². The molecule has 0 unspecified atom stereocenters. The van der Waals surface area contributed by atoms with Crippen LogP contribution in [-0.2, 0) is 0 Å². The van der Waals surface area contributed by atoms with Crippen molar-refractivity contribution in [2.24, 2.45) is 0 Å². The van der Waals surface area contributed by atoms with Crippen LogP contribution in [0.15, 0.2) is 18.2 Å². The standard InChI is InChI=1S/C9H5N3O2/c10-4-5-1-2-6-7(3-5)11-12-8(6)9(13)14/h1-3H,(H,11,12)(H,13,14). The maximum atomic E-state index is 10.7. The molecule has 1 aromatic carbocycles. The van der Waals surface area contributed by atoms with Crippen LogP contribution in [0.4, 0.5) is 0 Å². The van der Waals surface area contributed by atoms with Crippen LogP contribution in [0, 0.1) is 11.3 Å². The Hall–Kier alpha value is -2.35. The van der Waals surface area contributed by atoms with Gasteiger partial charge in [0.1, 0.15) is 0 Å². The van der Waals surface area contributed by atoms with E-state index in [1.165, 1.54) is 6.07 Å². The number of benzene rings is 1. The van der Waals surface area contributed by atoms with Crippen LogP contribution < -0.4 is 0 Å². The minimum Gasteiger partial charge on any atom is -0.477 e. The summed E-state index contributed by atoms with van der Waals surface area (Å²) in [6.07, 6.45) is 0. The maximum absolute atomic E-state index is 10.7. The van der Waals surface area contributed by atoms with Crippen molar-refractivity contribution < 1.29 is 9.90 Å². The molecule has 0 radical (unpaired) electrons. The molecule has 0 aliphatic rings. The highest BCUT2D eigenvalue weighted by molar-refractivity contribution is 6.01. The Morgan fingerprint density at radius 3 is 3.00 bits per heavy atom. The molecule has 0 atom stereocenters. The number of aromatic amines is 1. The van der Waals surface area contributed by atoms with Gasteiger partial charge >= 0.3 is 5.97 Å².